The Bertz CT molecular complexity index is 5260. The maximum Gasteiger partial charge on any atom is 0.287 e. The number of thioether (sulfide) groups is 4. The van der Waals surface area contributed by atoms with Crippen LogP contribution in [0.15, 0.2) is 44.2 Å². The van der Waals surface area contributed by atoms with Crippen molar-refractivity contribution in [3.63, 3.8) is 0 Å². The molecule has 0 spiro atoms. The number of benzene rings is 4. The van der Waals surface area contributed by atoms with Crippen LogP contribution in [0, 0.1) is 47.3 Å². The SMILES string of the molecule is CCN(CC)CCSc1c(Cl)c(OCCC(C)C)c2c3nc4c5c(OCCC(C)C)c(SCC[N+](C)(CC)C(C)C)c(Cl)c(OCCC(C)C)c5c5n4o[n+]-3c(c2c1COCC(C)C)N=c1[nH]c(c2c(OCCC(C)C)c(SCC[N+](C)(CC)CC)c(Cl)c(OCCC(C)C)c12)=NC1=NC(=N5)c2c(OCCC(C)C)c(SCC[N+](C)(CC)CC)c(Cl)c(OCCC(C)C)c21. The van der Waals surface area contributed by atoms with Gasteiger partial charge >= 0.3 is 0 Å². The first-order valence-electron chi connectivity index (χ1n) is 48.3. The van der Waals surface area contributed by atoms with Gasteiger partial charge in [-0.3, -0.25) is 0 Å². The highest BCUT2D eigenvalue weighted by Gasteiger charge is 2.44. The lowest BCUT2D eigenvalue weighted by atomic mass is 10.0. The highest BCUT2D eigenvalue weighted by atomic mass is 35.5. The highest BCUT2D eigenvalue weighted by Crippen LogP contribution is 2.58. The van der Waals surface area contributed by atoms with Crippen LogP contribution in [0.5, 0.6) is 40.2 Å². The van der Waals surface area contributed by atoms with Gasteiger partial charge in [0.05, 0.1) is 185 Å². The van der Waals surface area contributed by atoms with Gasteiger partial charge in [-0.15, -0.1) is 52.0 Å². The van der Waals surface area contributed by atoms with Crippen LogP contribution < -0.4 is 48.9 Å². The zero-order chi connectivity index (χ0) is 94.3. The summed E-state index contributed by atoms with van der Waals surface area (Å²) in [6.45, 7) is 68.2. The topological polar surface area (TPSA) is 177 Å². The molecule has 0 fully saturated rings. The number of nitrogens with zero attached hydrogens (tertiary/aromatic N) is 11. The predicted octanol–water partition coefficient (Wildman–Crippen LogP) is 25.2. The average Bonchev–Trinajstić information content (AvgIpc) is 1.53. The summed E-state index contributed by atoms with van der Waals surface area (Å²) in [7, 11) is 6.96. The number of quaternary nitrogens is 3. The molecule has 29 heteroatoms. The van der Waals surface area contributed by atoms with Crippen molar-refractivity contribution in [1.29, 1.82) is 0 Å². The van der Waals surface area contributed by atoms with Crippen molar-refractivity contribution in [1.82, 2.24) is 19.4 Å². The Labute approximate surface area is 809 Å². The van der Waals surface area contributed by atoms with Gasteiger partial charge < -0.3 is 61.2 Å². The van der Waals surface area contributed by atoms with Gasteiger partial charge in [-0.2, -0.15) is 9.62 Å². The van der Waals surface area contributed by atoms with E-state index in [4.69, 9.17) is 114 Å². The van der Waals surface area contributed by atoms with Gasteiger partial charge in [0.1, 0.15) is 48.6 Å². The zero-order valence-electron chi connectivity index (χ0n) is 83.4. The van der Waals surface area contributed by atoms with E-state index in [9.17, 15) is 0 Å². The zero-order valence-corrected chi connectivity index (χ0v) is 89.6. The van der Waals surface area contributed by atoms with Gasteiger partial charge in [-0.25, -0.2) is 9.98 Å². The van der Waals surface area contributed by atoms with Crippen LogP contribution >= 0.6 is 93.5 Å². The van der Waals surface area contributed by atoms with Gasteiger partial charge in [0.15, 0.2) is 34.7 Å². The standard InChI is InChI=1S/C100H155Cl4N12O9S4/c1-29-111(30-2)43-54-126-89-69(59-117-58-67(22)23)70-75(84(78(89)101)120-49-38-62(12)13)99-110-100-77-76(85(121-50-39-63(14)15)81(104)92(88(77)124-53-42-66(20)21)129-57-46-116(28,35-7)68(24)25)98-109-96-74-71(82(118-47-36-60(8)9)79(102)91(87(74)123-52-41-65(18)19)128-56-45-115(27,33-5)34-6)93(106-96)105-94-73-72(95(107-94)108-97(70)112(99)125-113(98)100)83(119-48-37-61(10)11)80(103)90(86(73)122-51-40-64(16)17)127-55-44-114(26,31-3)32-4/h60-68H,29-59H2,1-28H3/q+3/p+1. The molecule has 1 unspecified atom stereocenters. The minimum Gasteiger partial charge on any atom is -0.492 e. The number of rotatable bonds is 56. The van der Waals surface area contributed by atoms with Gasteiger partial charge in [0.25, 0.3) is 17.3 Å². The largest absolute Gasteiger partial charge is 0.492 e. The monoisotopic (exact) mass is 1940 g/mol. The molecular formula is C100H156Cl4N12O9S4+4. The van der Waals surface area contributed by atoms with E-state index in [1.165, 1.54) is 0 Å². The molecule has 4 aromatic carbocycles. The Morgan fingerprint density at radius 3 is 1.26 bits per heavy atom. The van der Waals surface area contributed by atoms with E-state index < -0.39 is 0 Å². The van der Waals surface area contributed by atoms with Gasteiger partial charge in [0.2, 0.25) is 11.3 Å². The van der Waals surface area contributed by atoms with Crippen molar-refractivity contribution in [3.05, 3.63) is 47.8 Å². The van der Waals surface area contributed by atoms with Crippen molar-refractivity contribution in [2.45, 2.75) is 250 Å². The van der Waals surface area contributed by atoms with E-state index in [0.29, 0.717) is 243 Å². The van der Waals surface area contributed by atoms with Gasteiger partial charge in [-0.05, 0) is 163 Å². The number of H-pyrrole nitrogens is 1. The van der Waals surface area contributed by atoms with Crippen LogP contribution in [0.3, 0.4) is 0 Å². The Morgan fingerprint density at radius 1 is 0.411 bits per heavy atom. The lowest BCUT2D eigenvalue weighted by Crippen LogP contribution is -2.50. The number of amidine groups is 2. The number of ether oxygens (including phenoxy) is 8. The molecule has 6 aromatic rings. The van der Waals surface area contributed by atoms with E-state index in [1.807, 2.05) is 0 Å². The summed E-state index contributed by atoms with van der Waals surface area (Å²) in [5.74, 6) is 9.32. The third-order valence-corrected chi connectivity index (χ3v) is 32.1. The highest BCUT2D eigenvalue weighted by molar-refractivity contribution is 8.00. The number of hydrogen-bond donors (Lipinski definition) is 1. The predicted molar refractivity (Wildman–Crippen MR) is 545 cm³/mol. The number of hydrogen-bond acceptors (Lipinski definition) is 19. The fraction of sp³-hybridized carbons (Fsp3) is 0.680. The maximum atomic E-state index is 8.42. The molecule has 0 radical (unpaired) electrons. The fourth-order valence-electron chi connectivity index (χ4n) is 15.5. The first-order chi connectivity index (χ1) is 61.4. The summed E-state index contributed by atoms with van der Waals surface area (Å²) >= 11 is 40.2. The van der Waals surface area contributed by atoms with Crippen LogP contribution in [-0.2, 0) is 11.3 Å². The van der Waals surface area contributed by atoms with Crippen molar-refractivity contribution in [2.75, 3.05) is 169 Å². The Hall–Kier alpha value is -5.00. The summed E-state index contributed by atoms with van der Waals surface area (Å²) in [6, 6.07) is 0.343. The van der Waals surface area contributed by atoms with E-state index >= 15 is 0 Å². The second kappa shape index (κ2) is 48.1. The first-order valence-corrected chi connectivity index (χ1v) is 53.7. The van der Waals surface area contributed by atoms with Crippen molar-refractivity contribution < 1.29 is 60.7 Å². The molecule has 0 saturated heterocycles. The molecule has 0 amide bonds. The number of aromatic amines is 1. The molecule has 1 N–H and O–H groups in total. The average molecular weight is 1940 g/mol. The Balaban J connectivity index is 1.61. The minimum absolute atomic E-state index is 0.119. The van der Waals surface area contributed by atoms with E-state index in [0.717, 1.165) is 126 Å². The Kier molecular flexibility index (Phi) is 39.6. The molecule has 1 atom stereocenters. The van der Waals surface area contributed by atoms with Gasteiger partial charge in [-0.1, -0.05) is 176 Å². The molecule has 6 heterocycles. The second-order valence-electron chi connectivity index (χ2n) is 39.5. The van der Waals surface area contributed by atoms with Crippen molar-refractivity contribution in [3.8, 4) is 46.1 Å². The normalized spacial score (nSPS) is 13.8. The Morgan fingerprint density at radius 2 is 0.798 bits per heavy atom. The van der Waals surface area contributed by atoms with Crippen LogP contribution in [0.2, 0.25) is 20.1 Å². The molecule has 0 aliphatic carbocycles. The summed E-state index contributed by atoms with van der Waals surface area (Å²) in [5.41, 5.74) is 2.79. The molecule has 2 aromatic heterocycles. The van der Waals surface area contributed by atoms with Crippen LogP contribution in [-0.4, -0.2) is 220 Å². The molecule has 4 aliphatic rings. The smallest absolute Gasteiger partial charge is 0.287 e. The summed E-state index contributed by atoms with van der Waals surface area (Å²) in [6.07, 6.45) is 5.02. The quantitative estimate of drug-likeness (QED) is 0.0216. The second-order valence-corrected chi connectivity index (χ2v) is 45.4. The number of fused-ring (bicyclic) bond motifs is 15. The van der Waals surface area contributed by atoms with E-state index in [2.05, 4.69) is 204 Å². The molecule has 4 aliphatic heterocycles. The molecule has 718 valence electrons. The number of aliphatic imine (C=N–C) groups is 2. The van der Waals surface area contributed by atoms with Crippen LogP contribution in [0.4, 0.5) is 11.6 Å². The van der Waals surface area contributed by atoms with Crippen molar-refractivity contribution in [2.24, 2.45) is 67.3 Å². The molecule has 129 heavy (non-hydrogen) atoms. The molecular weight excluding hydrogens is 1780 g/mol. The molecule has 10 rings (SSSR count). The third kappa shape index (κ3) is 25.3. The van der Waals surface area contributed by atoms with E-state index in [1.54, 1.807) is 56.4 Å². The molecule has 21 nitrogen and oxygen atoms in total. The van der Waals surface area contributed by atoms with E-state index in [-0.39, 0.29) is 71.4 Å². The van der Waals surface area contributed by atoms with Gasteiger partial charge in [0, 0.05) is 46.6 Å². The summed E-state index contributed by atoms with van der Waals surface area (Å²) < 4.78 is 73.5. The lowest BCUT2D eigenvalue weighted by Gasteiger charge is -2.37. The number of nitrogens with one attached hydrogen (secondary N) is 1. The number of aromatic nitrogens is 4. The lowest BCUT2D eigenvalue weighted by molar-refractivity contribution is -0.925. The molecule has 0 saturated carbocycles. The van der Waals surface area contributed by atoms with Crippen LogP contribution in [0.25, 0.3) is 43.8 Å². The maximum absolute atomic E-state index is 8.42. The van der Waals surface area contributed by atoms with Crippen molar-refractivity contribution >= 4 is 155 Å². The summed E-state index contributed by atoms with van der Waals surface area (Å²) in [5, 5.41) is 4.92. The third-order valence-electron chi connectivity index (χ3n) is 25.9. The number of halogens is 4. The van der Waals surface area contributed by atoms with Crippen LogP contribution in [0.1, 0.15) is 235 Å². The first kappa shape index (κ1) is 106. The molecule has 6 bridgehead atoms. The fourth-order valence-corrected chi connectivity index (χ4v) is 21.9. The minimum atomic E-state index is 0.119. The summed E-state index contributed by atoms with van der Waals surface area (Å²) in [4.78, 5) is 39.9.